The van der Waals surface area contributed by atoms with Crippen molar-refractivity contribution in [1.82, 2.24) is 0 Å². The smallest absolute Gasteiger partial charge is 0.200 e. The predicted molar refractivity (Wildman–Crippen MR) is 107 cm³/mol. The second-order valence-electron chi connectivity index (χ2n) is 5.35. The lowest BCUT2D eigenvalue weighted by molar-refractivity contribution is 0.107. The Bertz CT molecular complexity index is 789. The maximum atomic E-state index is 13.6. The fourth-order valence-electron chi connectivity index (χ4n) is 2.71. The zero-order valence-corrected chi connectivity index (χ0v) is 15.6. The van der Waals surface area contributed by atoms with Gasteiger partial charge in [-0.2, -0.15) is 0 Å². The summed E-state index contributed by atoms with van der Waals surface area (Å²) in [4.78, 5) is 13.6. The van der Waals surface area contributed by atoms with Crippen molar-refractivity contribution in [1.29, 1.82) is 0 Å². The van der Waals surface area contributed by atoms with Crippen LogP contribution >= 0.6 is 7.92 Å². The van der Waals surface area contributed by atoms with Gasteiger partial charge in [0, 0.05) is 7.92 Å². The van der Waals surface area contributed by atoms with Crippen LogP contribution in [0.25, 0.3) is 0 Å². The summed E-state index contributed by atoms with van der Waals surface area (Å²) in [6, 6.07) is 25.1. The summed E-state index contributed by atoms with van der Waals surface area (Å²) in [7, 11) is 1.91. The van der Waals surface area contributed by atoms with Crippen LogP contribution < -0.4 is 20.1 Å². The Kier molecular flexibility index (Phi) is 6.90. The van der Waals surface area contributed by atoms with Gasteiger partial charge in [0.25, 0.3) is 0 Å². The van der Waals surface area contributed by atoms with Crippen LogP contribution in [0.5, 0.6) is 11.5 Å². The van der Waals surface area contributed by atoms with Gasteiger partial charge in [-0.05, 0) is 22.7 Å². The van der Waals surface area contributed by atoms with Crippen molar-refractivity contribution in [3.8, 4) is 11.5 Å². The molecule has 3 aromatic carbocycles. The Balaban J connectivity index is 0.00000243. The molecular formula is C21H21O4P. The molecule has 134 valence electrons. The summed E-state index contributed by atoms with van der Waals surface area (Å²) in [5.41, 5.74) is 0.507. The van der Waals surface area contributed by atoms with Crippen molar-refractivity contribution in [3.63, 3.8) is 0 Å². The van der Waals surface area contributed by atoms with Gasteiger partial charge in [-0.3, -0.25) is 4.79 Å². The maximum Gasteiger partial charge on any atom is 0.200 e. The average molecular weight is 368 g/mol. The van der Waals surface area contributed by atoms with Gasteiger partial charge in [0.15, 0.2) is 0 Å². The van der Waals surface area contributed by atoms with Gasteiger partial charge in [-0.1, -0.05) is 66.7 Å². The Morgan fingerprint density at radius 2 is 1.12 bits per heavy atom. The zero-order valence-electron chi connectivity index (χ0n) is 14.7. The standard InChI is InChI=1S/C21H19O3P.H2O/c1-23-18-14-9-15-19(24-2)20(18)21(22)25(16-10-5-3-6-11-16)17-12-7-4-8-13-17;/h3-15H,1-2H3;1H2. The first-order chi connectivity index (χ1) is 12.3. The van der Waals surface area contributed by atoms with Gasteiger partial charge in [-0.25, -0.2) is 0 Å². The highest BCUT2D eigenvalue weighted by Crippen LogP contribution is 2.43. The van der Waals surface area contributed by atoms with E-state index in [0.717, 1.165) is 10.6 Å². The summed E-state index contributed by atoms with van der Waals surface area (Å²) in [5.74, 6) is 1.06. The third-order valence-electron chi connectivity index (χ3n) is 3.87. The van der Waals surface area contributed by atoms with Gasteiger partial charge < -0.3 is 14.9 Å². The molecule has 0 fully saturated rings. The molecule has 0 amide bonds. The van der Waals surface area contributed by atoms with Gasteiger partial charge in [0.1, 0.15) is 17.1 Å². The monoisotopic (exact) mass is 368 g/mol. The van der Waals surface area contributed by atoms with Crippen molar-refractivity contribution in [2.24, 2.45) is 0 Å². The molecule has 2 N–H and O–H groups in total. The van der Waals surface area contributed by atoms with E-state index in [0.29, 0.717) is 17.1 Å². The molecule has 0 saturated heterocycles. The second-order valence-corrected chi connectivity index (χ2v) is 7.46. The van der Waals surface area contributed by atoms with Crippen LogP contribution in [0.3, 0.4) is 0 Å². The largest absolute Gasteiger partial charge is 0.496 e. The fraction of sp³-hybridized carbons (Fsp3) is 0.0952. The molecule has 0 heterocycles. The Labute approximate surface area is 154 Å². The molecule has 0 bridgehead atoms. The third kappa shape index (κ3) is 3.93. The lowest BCUT2D eigenvalue weighted by atomic mass is 10.2. The van der Waals surface area contributed by atoms with Crippen LogP contribution in [0.15, 0.2) is 78.9 Å². The zero-order chi connectivity index (χ0) is 17.6. The van der Waals surface area contributed by atoms with Crippen molar-refractivity contribution >= 4 is 24.1 Å². The summed E-state index contributed by atoms with van der Waals surface area (Å²) >= 11 is 0. The highest BCUT2D eigenvalue weighted by atomic mass is 31.1. The minimum Gasteiger partial charge on any atom is -0.496 e. The highest BCUT2D eigenvalue weighted by Gasteiger charge is 2.28. The summed E-state index contributed by atoms with van der Waals surface area (Å²) in [6.07, 6.45) is 0. The fourth-order valence-corrected chi connectivity index (χ4v) is 4.86. The van der Waals surface area contributed by atoms with Crippen LogP contribution in [0.1, 0.15) is 10.4 Å². The van der Waals surface area contributed by atoms with E-state index in [1.807, 2.05) is 66.7 Å². The maximum absolute atomic E-state index is 13.6. The summed E-state index contributed by atoms with van der Waals surface area (Å²) < 4.78 is 10.9. The molecule has 0 aliphatic carbocycles. The SMILES string of the molecule is COc1cccc(OC)c1C(=O)P(c1ccccc1)c1ccccc1.O. The van der Waals surface area contributed by atoms with Gasteiger partial charge in [-0.15, -0.1) is 0 Å². The van der Waals surface area contributed by atoms with Crippen LogP contribution in [0, 0.1) is 0 Å². The number of ether oxygens (including phenoxy) is 2. The van der Waals surface area contributed by atoms with Crippen LogP contribution in [0.2, 0.25) is 0 Å². The number of benzene rings is 3. The van der Waals surface area contributed by atoms with Gasteiger partial charge in [0.05, 0.1) is 14.2 Å². The Hall–Kier alpha value is -2.68. The molecule has 26 heavy (non-hydrogen) atoms. The molecule has 0 saturated carbocycles. The van der Waals surface area contributed by atoms with E-state index < -0.39 is 7.92 Å². The Morgan fingerprint density at radius 1 is 0.692 bits per heavy atom. The molecule has 0 unspecified atom stereocenters. The molecule has 0 aliphatic rings. The first-order valence-electron chi connectivity index (χ1n) is 7.92. The van der Waals surface area contributed by atoms with E-state index in [9.17, 15) is 4.79 Å². The van der Waals surface area contributed by atoms with E-state index in [2.05, 4.69) is 0 Å². The third-order valence-corrected chi connectivity index (χ3v) is 6.13. The lowest BCUT2D eigenvalue weighted by Crippen LogP contribution is -2.19. The van der Waals surface area contributed by atoms with Crippen molar-refractivity contribution in [2.45, 2.75) is 0 Å². The first-order valence-corrected chi connectivity index (χ1v) is 9.26. The number of hydrogen-bond acceptors (Lipinski definition) is 3. The number of methoxy groups -OCH3 is 2. The van der Waals surface area contributed by atoms with Crippen molar-refractivity contribution in [3.05, 3.63) is 84.4 Å². The molecule has 5 heteroatoms. The lowest BCUT2D eigenvalue weighted by Gasteiger charge is -2.20. The van der Waals surface area contributed by atoms with E-state index >= 15 is 0 Å². The minimum atomic E-state index is -1.23. The quantitative estimate of drug-likeness (QED) is 0.628. The van der Waals surface area contributed by atoms with Crippen LogP contribution in [0.4, 0.5) is 0 Å². The number of hydrogen-bond donors (Lipinski definition) is 0. The van der Waals surface area contributed by atoms with E-state index in [1.54, 1.807) is 26.4 Å². The molecule has 0 spiro atoms. The molecule has 4 nitrogen and oxygen atoms in total. The van der Waals surface area contributed by atoms with Crippen LogP contribution in [-0.4, -0.2) is 25.2 Å². The summed E-state index contributed by atoms with van der Waals surface area (Å²) in [5, 5.41) is 2.00. The first kappa shape index (κ1) is 19.6. The molecule has 0 aromatic heterocycles. The number of rotatable bonds is 6. The minimum absolute atomic E-state index is 0. The predicted octanol–water partition coefficient (Wildman–Crippen LogP) is 3.15. The number of carbonyl (C=O) groups excluding carboxylic acids is 1. The normalized spacial score (nSPS) is 10.1. The Morgan fingerprint density at radius 3 is 1.50 bits per heavy atom. The van der Waals surface area contributed by atoms with Crippen molar-refractivity contribution in [2.75, 3.05) is 14.2 Å². The van der Waals surface area contributed by atoms with E-state index in [4.69, 9.17) is 9.47 Å². The molecular weight excluding hydrogens is 347 g/mol. The van der Waals surface area contributed by atoms with Crippen LogP contribution in [-0.2, 0) is 0 Å². The van der Waals surface area contributed by atoms with Gasteiger partial charge >= 0.3 is 0 Å². The molecule has 0 radical (unpaired) electrons. The van der Waals surface area contributed by atoms with E-state index in [-0.39, 0.29) is 11.0 Å². The highest BCUT2D eigenvalue weighted by molar-refractivity contribution is 7.88. The van der Waals surface area contributed by atoms with Crippen molar-refractivity contribution < 1.29 is 19.7 Å². The molecule has 3 aromatic rings. The second kappa shape index (κ2) is 9.14. The van der Waals surface area contributed by atoms with Gasteiger partial charge in [0.2, 0.25) is 5.52 Å². The molecule has 0 aliphatic heterocycles. The average Bonchev–Trinajstić information content (AvgIpc) is 2.69. The topological polar surface area (TPSA) is 67.0 Å². The molecule has 3 rings (SSSR count). The van der Waals surface area contributed by atoms with E-state index in [1.165, 1.54) is 0 Å². The summed E-state index contributed by atoms with van der Waals surface area (Å²) in [6.45, 7) is 0. The molecule has 0 atom stereocenters. The number of carbonyl (C=O) groups is 1.